The number of ether oxygens (including phenoxy) is 1. The zero-order valence-corrected chi connectivity index (χ0v) is 11.2. The number of carbonyl (C=O) groups excluding carboxylic acids is 1. The van der Waals surface area contributed by atoms with Crippen molar-refractivity contribution >= 4 is 5.97 Å². The van der Waals surface area contributed by atoms with Crippen molar-refractivity contribution in [2.24, 2.45) is 11.8 Å². The second-order valence-corrected chi connectivity index (χ2v) is 4.94. The molecule has 0 bridgehead atoms. The number of alkyl halides is 3. The van der Waals surface area contributed by atoms with Crippen LogP contribution in [-0.2, 0) is 9.53 Å². The lowest BCUT2D eigenvalue weighted by molar-refractivity contribution is -0.173. The van der Waals surface area contributed by atoms with Crippen LogP contribution in [-0.4, -0.2) is 18.8 Å². The fourth-order valence-corrected chi connectivity index (χ4v) is 2.31. The van der Waals surface area contributed by atoms with Gasteiger partial charge in [-0.25, -0.2) is 0 Å². The first-order valence-electron chi connectivity index (χ1n) is 6.84. The Morgan fingerprint density at radius 2 is 1.95 bits per heavy atom. The van der Waals surface area contributed by atoms with Gasteiger partial charge in [-0.2, -0.15) is 13.2 Å². The summed E-state index contributed by atoms with van der Waals surface area (Å²) in [6.07, 6.45) is 2.96. The highest BCUT2D eigenvalue weighted by atomic mass is 19.4. The molecule has 0 saturated heterocycles. The van der Waals surface area contributed by atoms with Crippen LogP contribution in [0.4, 0.5) is 13.2 Å². The lowest BCUT2D eigenvalue weighted by atomic mass is 9.88. The molecular formula is C14H21F3O2. The van der Waals surface area contributed by atoms with Gasteiger partial charge in [-0.1, -0.05) is 31.4 Å². The Hall–Kier alpha value is -1.00. The molecule has 5 heteroatoms. The molecule has 19 heavy (non-hydrogen) atoms. The lowest BCUT2D eigenvalue weighted by Crippen LogP contribution is -2.25. The topological polar surface area (TPSA) is 26.3 Å². The molecule has 0 unspecified atom stereocenters. The third-order valence-corrected chi connectivity index (χ3v) is 3.38. The number of halogens is 3. The molecule has 1 fully saturated rings. The average Bonchev–Trinajstić information content (AvgIpc) is 2.34. The van der Waals surface area contributed by atoms with Crippen LogP contribution in [0.15, 0.2) is 12.2 Å². The summed E-state index contributed by atoms with van der Waals surface area (Å²) in [4.78, 5) is 11.2. The molecule has 0 heterocycles. The van der Waals surface area contributed by atoms with E-state index in [4.69, 9.17) is 0 Å². The molecule has 0 aromatic rings. The van der Waals surface area contributed by atoms with Gasteiger partial charge in [-0.3, -0.25) is 4.79 Å². The predicted octanol–water partition coefficient (Wildman–Crippen LogP) is 4.25. The molecule has 0 aliphatic heterocycles. The zero-order chi connectivity index (χ0) is 14.3. The van der Waals surface area contributed by atoms with Gasteiger partial charge < -0.3 is 4.74 Å². The van der Waals surface area contributed by atoms with E-state index in [1.165, 1.54) is 0 Å². The number of allylic oxidation sites excluding steroid dienone is 2. The van der Waals surface area contributed by atoms with E-state index >= 15 is 0 Å². The third kappa shape index (κ3) is 6.12. The Bertz CT molecular complexity index is 304. The van der Waals surface area contributed by atoms with Gasteiger partial charge in [0.05, 0.1) is 18.9 Å². The van der Waals surface area contributed by atoms with Gasteiger partial charge in [0.25, 0.3) is 0 Å². The fourth-order valence-electron chi connectivity index (χ4n) is 2.31. The Morgan fingerprint density at radius 3 is 2.47 bits per heavy atom. The van der Waals surface area contributed by atoms with E-state index in [1.54, 1.807) is 13.0 Å². The molecule has 0 radical (unpaired) electrons. The maximum absolute atomic E-state index is 12.8. The van der Waals surface area contributed by atoms with Crippen LogP contribution in [0, 0.1) is 11.8 Å². The molecular weight excluding hydrogens is 257 g/mol. The van der Waals surface area contributed by atoms with Crippen molar-refractivity contribution in [2.75, 3.05) is 6.61 Å². The quantitative estimate of drug-likeness (QED) is 0.555. The Morgan fingerprint density at radius 1 is 1.32 bits per heavy atom. The molecule has 1 aliphatic carbocycles. The summed E-state index contributed by atoms with van der Waals surface area (Å²) in [6, 6.07) is 0. The molecule has 0 spiro atoms. The lowest BCUT2D eigenvalue weighted by Gasteiger charge is -2.20. The van der Waals surface area contributed by atoms with Crippen molar-refractivity contribution in [3.63, 3.8) is 0 Å². The SMILES string of the molecule is CCOC(=O)C[C@@H](/C=C/C1CCCCC1)C(F)(F)F. The molecule has 2 nitrogen and oxygen atoms in total. The van der Waals surface area contributed by atoms with E-state index in [9.17, 15) is 18.0 Å². The monoisotopic (exact) mass is 278 g/mol. The molecule has 0 aromatic carbocycles. The predicted molar refractivity (Wildman–Crippen MR) is 66.5 cm³/mol. The van der Waals surface area contributed by atoms with Gasteiger partial charge in [-0.15, -0.1) is 0 Å². The van der Waals surface area contributed by atoms with Gasteiger partial charge in [0.2, 0.25) is 0 Å². The normalized spacial score (nSPS) is 19.6. The van der Waals surface area contributed by atoms with Crippen LogP contribution in [0.2, 0.25) is 0 Å². The summed E-state index contributed by atoms with van der Waals surface area (Å²) >= 11 is 0. The molecule has 0 N–H and O–H groups in total. The van der Waals surface area contributed by atoms with Crippen LogP contribution in [0.1, 0.15) is 45.4 Å². The number of rotatable bonds is 5. The van der Waals surface area contributed by atoms with Crippen molar-refractivity contribution in [1.82, 2.24) is 0 Å². The first-order chi connectivity index (χ1) is 8.93. The standard InChI is InChI=1S/C14H21F3O2/c1-2-19-13(18)10-12(14(15,16)17)9-8-11-6-4-3-5-7-11/h8-9,11-12H,2-7,10H2,1H3/b9-8+/t12-/m1/s1. The van der Waals surface area contributed by atoms with Gasteiger partial charge in [0.1, 0.15) is 0 Å². The van der Waals surface area contributed by atoms with E-state index in [-0.39, 0.29) is 12.5 Å². The summed E-state index contributed by atoms with van der Waals surface area (Å²) in [5, 5.41) is 0. The fraction of sp³-hybridized carbons (Fsp3) is 0.786. The molecule has 1 saturated carbocycles. The minimum absolute atomic E-state index is 0.107. The third-order valence-electron chi connectivity index (χ3n) is 3.38. The summed E-state index contributed by atoms with van der Waals surface area (Å²) in [5.74, 6) is -2.30. The summed E-state index contributed by atoms with van der Waals surface area (Å²) in [6.45, 7) is 1.69. The number of hydrogen-bond acceptors (Lipinski definition) is 2. The molecule has 0 aromatic heterocycles. The second-order valence-electron chi connectivity index (χ2n) is 4.94. The van der Waals surface area contributed by atoms with Crippen LogP contribution >= 0.6 is 0 Å². The van der Waals surface area contributed by atoms with Crippen LogP contribution < -0.4 is 0 Å². The highest BCUT2D eigenvalue weighted by Gasteiger charge is 2.39. The molecule has 0 amide bonds. The van der Waals surface area contributed by atoms with E-state index < -0.39 is 24.5 Å². The van der Waals surface area contributed by atoms with Gasteiger partial charge in [-0.05, 0) is 25.7 Å². The smallest absolute Gasteiger partial charge is 0.395 e. The van der Waals surface area contributed by atoms with E-state index in [1.807, 2.05) is 0 Å². The van der Waals surface area contributed by atoms with Crippen molar-refractivity contribution in [2.45, 2.75) is 51.6 Å². The molecule has 1 rings (SSSR count). The van der Waals surface area contributed by atoms with Crippen LogP contribution in [0.3, 0.4) is 0 Å². The van der Waals surface area contributed by atoms with Crippen LogP contribution in [0.5, 0.6) is 0 Å². The van der Waals surface area contributed by atoms with Gasteiger partial charge >= 0.3 is 12.1 Å². The largest absolute Gasteiger partial charge is 0.466 e. The average molecular weight is 278 g/mol. The Balaban J connectivity index is 2.58. The minimum atomic E-state index is -4.39. The summed E-state index contributed by atoms with van der Waals surface area (Å²) in [5.41, 5.74) is 0. The zero-order valence-electron chi connectivity index (χ0n) is 11.2. The number of carbonyl (C=O) groups is 1. The number of hydrogen-bond donors (Lipinski definition) is 0. The first-order valence-corrected chi connectivity index (χ1v) is 6.84. The van der Waals surface area contributed by atoms with Gasteiger partial charge in [0.15, 0.2) is 0 Å². The van der Waals surface area contributed by atoms with Crippen molar-refractivity contribution < 1.29 is 22.7 Å². The summed E-state index contributed by atoms with van der Waals surface area (Å²) < 4.78 is 43.0. The molecule has 1 aliphatic rings. The second kappa shape index (κ2) is 7.56. The molecule has 110 valence electrons. The van der Waals surface area contributed by atoms with E-state index in [2.05, 4.69) is 4.74 Å². The first kappa shape index (κ1) is 16.1. The van der Waals surface area contributed by atoms with Crippen molar-refractivity contribution in [3.8, 4) is 0 Å². The van der Waals surface area contributed by atoms with E-state index in [0.29, 0.717) is 0 Å². The number of esters is 1. The molecule has 1 atom stereocenters. The van der Waals surface area contributed by atoms with Gasteiger partial charge in [0, 0.05) is 0 Å². The highest BCUT2D eigenvalue weighted by Crippen LogP contribution is 2.32. The maximum Gasteiger partial charge on any atom is 0.395 e. The summed E-state index contributed by atoms with van der Waals surface area (Å²) in [7, 11) is 0. The Kier molecular flexibility index (Phi) is 6.38. The van der Waals surface area contributed by atoms with Crippen LogP contribution in [0.25, 0.3) is 0 Å². The van der Waals surface area contributed by atoms with E-state index in [0.717, 1.165) is 38.2 Å². The highest BCUT2D eigenvalue weighted by molar-refractivity contribution is 5.70. The minimum Gasteiger partial charge on any atom is -0.466 e. The maximum atomic E-state index is 12.8. The van der Waals surface area contributed by atoms with Crippen molar-refractivity contribution in [3.05, 3.63) is 12.2 Å². The Labute approximate surface area is 112 Å². The van der Waals surface area contributed by atoms with Crippen molar-refractivity contribution in [1.29, 1.82) is 0 Å².